The zero-order valence-electron chi connectivity index (χ0n) is 21.7. The number of hydrogen-bond acceptors (Lipinski definition) is 6. The van der Waals surface area contributed by atoms with Gasteiger partial charge in [0.1, 0.15) is 11.5 Å². The molecule has 0 unspecified atom stereocenters. The van der Waals surface area contributed by atoms with Crippen molar-refractivity contribution in [3.63, 3.8) is 0 Å². The summed E-state index contributed by atoms with van der Waals surface area (Å²) in [4.78, 5) is 29.8. The second-order valence-electron chi connectivity index (χ2n) is 8.82. The number of carbonyl (C=O) groups excluding carboxylic acids is 2. The lowest BCUT2D eigenvalue weighted by Gasteiger charge is -2.09. The number of pyridine rings is 1. The Bertz CT molecular complexity index is 1650. The van der Waals surface area contributed by atoms with E-state index in [0.29, 0.717) is 29.3 Å². The largest absolute Gasteiger partial charge is 0.462 e. The Morgan fingerprint density at radius 2 is 1.67 bits per heavy atom. The van der Waals surface area contributed by atoms with Gasteiger partial charge in [-0.1, -0.05) is 61.5 Å². The fourth-order valence-electron chi connectivity index (χ4n) is 4.20. The number of aryl methyl sites for hydroxylation is 1. The van der Waals surface area contributed by atoms with Gasteiger partial charge < -0.3 is 9.15 Å². The number of benzene rings is 3. The summed E-state index contributed by atoms with van der Waals surface area (Å²) in [7, 11) is 0. The second kappa shape index (κ2) is 11.6. The summed E-state index contributed by atoms with van der Waals surface area (Å²) in [6.07, 6.45) is 2.40. The molecule has 0 saturated carbocycles. The average molecular weight is 518 g/mol. The fraction of sp³-hybridized carbons (Fsp3) is 0.125. The number of nitrogens with zero attached hydrogens (tertiary/aromatic N) is 2. The maximum Gasteiger partial charge on any atom is 0.338 e. The van der Waals surface area contributed by atoms with E-state index in [1.807, 2.05) is 36.4 Å². The van der Waals surface area contributed by atoms with Crippen molar-refractivity contribution >= 4 is 29.0 Å². The van der Waals surface area contributed by atoms with E-state index in [-0.39, 0.29) is 11.9 Å². The van der Waals surface area contributed by atoms with Gasteiger partial charge in [-0.05, 0) is 55.3 Å². The SMILES string of the molecule is CCOC(=O)c1ccc(-c2ccc(/C=N/NC(=O)c3cc(-c4ccc(CC)cc4)nc4ccccc34)o2)cc1. The lowest BCUT2D eigenvalue weighted by atomic mass is 10.0. The molecule has 0 spiro atoms. The lowest BCUT2D eigenvalue weighted by Crippen LogP contribution is -2.18. The van der Waals surface area contributed by atoms with Gasteiger partial charge in [0.05, 0.1) is 35.2 Å². The molecule has 0 aliphatic carbocycles. The van der Waals surface area contributed by atoms with Gasteiger partial charge in [0.2, 0.25) is 0 Å². The van der Waals surface area contributed by atoms with Crippen molar-refractivity contribution in [1.82, 2.24) is 10.4 Å². The molecule has 1 amide bonds. The minimum Gasteiger partial charge on any atom is -0.462 e. The van der Waals surface area contributed by atoms with E-state index in [4.69, 9.17) is 14.1 Å². The lowest BCUT2D eigenvalue weighted by molar-refractivity contribution is 0.0526. The highest BCUT2D eigenvalue weighted by atomic mass is 16.5. The number of hydrogen-bond donors (Lipinski definition) is 1. The number of nitrogens with one attached hydrogen (secondary N) is 1. The number of hydrazone groups is 1. The van der Waals surface area contributed by atoms with Crippen LogP contribution in [0.2, 0.25) is 0 Å². The molecule has 0 atom stereocenters. The van der Waals surface area contributed by atoms with Gasteiger partial charge >= 0.3 is 5.97 Å². The van der Waals surface area contributed by atoms with Crippen LogP contribution < -0.4 is 5.43 Å². The molecule has 194 valence electrons. The van der Waals surface area contributed by atoms with Crippen LogP contribution in [0.15, 0.2) is 101 Å². The van der Waals surface area contributed by atoms with Crippen LogP contribution in [0.3, 0.4) is 0 Å². The van der Waals surface area contributed by atoms with Crippen molar-refractivity contribution in [2.45, 2.75) is 20.3 Å². The normalized spacial score (nSPS) is 11.1. The minimum atomic E-state index is -0.365. The van der Waals surface area contributed by atoms with Crippen LogP contribution in [-0.2, 0) is 11.2 Å². The Morgan fingerprint density at radius 3 is 2.41 bits per heavy atom. The number of amides is 1. The van der Waals surface area contributed by atoms with Crippen LogP contribution in [-0.4, -0.2) is 29.7 Å². The number of ether oxygens (including phenoxy) is 1. The molecule has 0 saturated heterocycles. The van der Waals surface area contributed by atoms with E-state index in [9.17, 15) is 9.59 Å². The number of rotatable bonds is 8. The summed E-state index contributed by atoms with van der Waals surface area (Å²) in [5.41, 5.74) is 7.99. The number of furan rings is 1. The number of aromatic nitrogens is 1. The predicted octanol–water partition coefficient (Wildman–Crippen LogP) is 6.66. The Morgan fingerprint density at radius 1 is 0.923 bits per heavy atom. The van der Waals surface area contributed by atoms with E-state index >= 15 is 0 Å². The average Bonchev–Trinajstić information content (AvgIpc) is 3.45. The predicted molar refractivity (Wildman–Crippen MR) is 152 cm³/mol. The standard InChI is InChI=1S/C32H27N3O4/c1-3-21-9-11-22(12-10-21)29-19-27(26-7-5-6-8-28(26)34-29)31(36)35-33-20-25-17-18-30(39-25)23-13-15-24(16-14-23)32(37)38-4-2/h5-20H,3-4H2,1-2H3,(H,35,36)/b33-20+. The number of esters is 1. The van der Waals surface area contributed by atoms with Gasteiger partial charge in [0.15, 0.2) is 0 Å². The summed E-state index contributed by atoms with van der Waals surface area (Å²) in [6, 6.07) is 28.0. The molecule has 5 aromatic rings. The molecule has 0 aliphatic heterocycles. The molecule has 2 aromatic heterocycles. The van der Waals surface area contributed by atoms with Gasteiger partial charge in [-0.25, -0.2) is 15.2 Å². The highest BCUT2D eigenvalue weighted by Crippen LogP contribution is 2.26. The Hall–Kier alpha value is -5.04. The van der Waals surface area contributed by atoms with Gasteiger partial charge in [-0.2, -0.15) is 5.10 Å². The molecule has 3 aromatic carbocycles. The molecule has 7 heteroatoms. The summed E-state index contributed by atoms with van der Waals surface area (Å²) >= 11 is 0. The molecule has 2 heterocycles. The summed E-state index contributed by atoms with van der Waals surface area (Å²) < 4.78 is 10.9. The molecule has 0 bridgehead atoms. The van der Waals surface area contributed by atoms with Crippen molar-refractivity contribution in [2.24, 2.45) is 5.10 Å². The number of para-hydroxylation sites is 1. The maximum atomic E-state index is 13.2. The quantitative estimate of drug-likeness (QED) is 0.141. The van der Waals surface area contributed by atoms with Crippen molar-refractivity contribution < 1.29 is 18.7 Å². The number of carbonyl (C=O) groups is 2. The van der Waals surface area contributed by atoms with E-state index < -0.39 is 0 Å². The smallest absolute Gasteiger partial charge is 0.338 e. The van der Waals surface area contributed by atoms with Crippen LogP contribution in [0.4, 0.5) is 0 Å². The highest BCUT2D eigenvalue weighted by molar-refractivity contribution is 6.07. The van der Waals surface area contributed by atoms with Gasteiger partial charge in [0.25, 0.3) is 5.91 Å². The first-order valence-corrected chi connectivity index (χ1v) is 12.8. The van der Waals surface area contributed by atoms with E-state index in [0.717, 1.165) is 34.1 Å². The highest BCUT2D eigenvalue weighted by Gasteiger charge is 2.14. The molecular formula is C32H27N3O4. The summed E-state index contributed by atoms with van der Waals surface area (Å²) in [5, 5.41) is 4.86. The maximum absolute atomic E-state index is 13.2. The van der Waals surface area contributed by atoms with Crippen molar-refractivity contribution in [3.8, 4) is 22.6 Å². The van der Waals surface area contributed by atoms with E-state index in [1.165, 1.54) is 11.8 Å². The third kappa shape index (κ3) is 5.78. The van der Waals surface area contributed by atoms with Crippen molar-refractivity contribution in [1.29, 1.82) is 0 Å². The molecule has 5 rings (SSSR count). The molecular weight excluding hydrogens is 490 g/mol. The Balaban J connectivity index is 1.32. The zero-order chi connectivity index (χ0) is 27.2. The molecule has 0 fully saturated rings. The molecule has 0 aliphatic rings. The van der Waals surface area contributed by atoms with E-state index in [2.05, 4.69) is 29.6 Å². The summed E-state index contributed by atoms with van der Waals surface area (Å²) in [5.74, 6) is 0.362. The molecule has 0 radical (unpaired) electrons. The Labute approximate surface area is 226 Å². The van der Waals surface area contributed by atoms with Gasteiger partial charge in [-0.3, -0.25) is 4.79 Å². The van der Waals surface area contributed by atoms with Crippen molar-refractivity contribution in [3.05, 3.63) is 113 Å². The molecule has 1 N–H and O–H groups in total. The first-order valence-electron chi connectivity index (χ1n) is 12.8. The molecule has 39 heavy (non-hydrogen) atoms. The van der Waals surface area contributed by atoms with Crippen LogP contribution in [0, 0.1) is 0 Å². The fourth-order valence-corrected chi connectivity index (χ4v) is 4.20. The van der Waals surface area contributed by atoms with Crippen LogP contribution in [0.1, 0.15) is 45.9 Å². The van der Waals surface area contributed by atoms with Crippen LogP contribution in [0.25, 0.3) is 33.5 Å². The van der Waals surface area contributed by atoms with Crippen LogP contribution >= 0.6 is 0 Å². The minimum absolute atomic E-state index is 0.323. The van der Waals surface area contributed by atoms with Gasteiger partial charge in [-0.15, -0.1) is 0 Å². The second-order valence-corrected chi connectivity index (χ2v) is 8.82. The third-order valence-corrected chi connectivity index (χ3v) is 6.28. The zero-order valence-corrected chi connectivity index (χ0v) is 21.7. The van der Waals surface area contributed by atoms with Gasteiger partial charge in [0, 0.05) is 16.5 Å². The van der Waals surface area contributed by atoms with E-state index in [1.54, 1.807) is 49.4 Å². The Kier molecular flexibility index (Phi) is 7.59. The van der Waals surface area contributed by atoms with Crippen molar-refractivity contribution in [2.75, 3.05) is 6.61 Å². The molecule has 7 nitrogen and oxygen atoms in total. The van der Waals surface area contributed by atoms with Crippen LogP contribution in [0.5, 0.6) is 0 Å². The third-order valence-electron chi connectivity index (χ3n) is 6.28. The summed E-state index contributed by atoms with van der Waals surface area (Å²) in [6.45, 7) is 4.20. The first-order chi connectivity index (χ1) is 19.1. The number of fused-ring (bicyclic) bond motifs is 1. The monoisotopic (exact) mass is 517 g/mol. The first kappa shape index (κ1) is 25.6. The topological polar surface area (TPSA) is 93.8 Å².